The maximum atomic E-state index is 15.2. The van der Waals surface area contributed by atoms with Gasteiger partial charge in [-0.15, -0.1) is 0 Å². The summed E-state index contributed by atoms with van der Waals surface area (Å²) in [7, 11) is -3.68. The third-order valence-electron chi connectivity index (χ3n) is 5.61. The standard InChI is InChI=1S/C20H20ClF3N2O2S/c1-29(27,28)26-19-17(25-15-9-20(19,24)10-15)7-12-6-14(22)8-16(18(12)23)11-3-2-4-13(21)5-11/h2-6,8,15,17,19,25-26H,7,9-10H2,1H3/t15?,17-,19+,20?/m0/s1. The molecule has 1 aliphatic carbocycles. The van der Waals surface area contributed by atoms with Crippen molar-refractivity contribution in [2.75, 3.05) is 6.26 Å². The van der Waals surface area contributed by atoms with E-state index in [9.17, 15) is 12.8 Å². The minimum Gasteiger partial charge on any atom is -0.309 e. The van der Waals surface area contributed by atoms with Crippen molar-refractivity contribution in [2.24, 2.45) is 0 Å². The molecule has 2 aromatic carbocycles. The first-order valence-electron chi connectivity index (χ1n) is 9.20. The summed E-state index contributed by atoms with van der Waals surface area (Å²) in [5.74, 6) is -1.28. The monoisotopic (exact) mass is 444 g/mol. The van der Waals surface area contributed by atoms with Gasteiger partial charge in [0.05, 0.1) is 12.3 Å². The molecule has 2 bridgehead atoms. The minimum absolute atomic E-state index is 0.0441. The lowest BCUT2D eigenvalue weighted by atomic mass is 9.65. The molecule has 3 fully saturated rings. The molecule has 156 valence electrons. The Morgan fingerprint density at radius 1 is 1.24 bits per heavy atom. The van der Waals surface area contributed by atoms with Crippen LogP contribution in [0.1, 0.15) is 18.4 Å². The van der Waals surface area contributed by atoms with Gasteiger partial charge in [-0.3, -0.25) is 0 Å². The number of piperidine rings is 2. The van der Waals surface area contributed by atoms with Crippen molar-refractivity contribution in [3.05, 3.63) is 58.6 Å². The second kappa shape index (κ2) is 7.27. The predicted octanol–water partition coefficient (Wildman–Crippen LogP) is 3.59. The SMILES string of the molecule is CS(=O)(=O)N[C@@H]1[C@H](Cc2cc(F)cc(-c3cccc(Cl)c3)c2F)NC2CC1(F)C2. The Bertz CT molecular complexity index is 1060. The van der Waals surface area contributed by atoms with Gasteiger partial charge in [-0.25, -0.2) is 26.3 Å². The zero-order chi connectivity index (χ0) is 21.0. The van der Waals surface area contributed by atoms with Crippen LogP contribution in [0.5, 0.6) is 0 Å². The average Bonchev–Trinajstić information content (AvgIpc) is 2.58. The Kier molecular flexibility index (Phi) is 5.17. The minimum atomic E-state index is -3.68. The Labute approximate surface area is 172 Å². The van der Waals surface area contributed by atoms with Crippen molar-refractivity contribution in [3.8, 4) is 11.1 Å². The maximum Gasteiger partial charge on any atom is 0.209 e. The number of sulfonamides is 1. The van der Waals surface area contributed by atoms with E-state index in [-0.39, 0.29) is 36.4 Å². The van der Waals surface area contributed by atoms with Crippen molar-refractivity contribution < 1.29 is 21.6 Å². The fourth-order valence-electron chi connectivity index (χ4n) is 4.38. The fourth-order valence-corrected chi connectivity index (χ4v) is 5.41. The van der Waals surface area contributed by atoms with Gasteiger partial charge >= 0.3 is 0 Å². The van der Waals surface area contributed by atoms with Crippen LogP contribution in [0.4, 0.5) is 13.2 Å². The van der Waals surface area contributed by atoms with Crippen LogP contribution in [0.2, 0.25) is 5.02 Å². The molecule has 2 heterocycles. The highest BCUT2D eigenvalue weighted by Crippen LogP contribution is 2.45. The first kappa shape index (κ1) is 20.7. The number of rotatable bonds is 5. The van der Waals surface area contributed by atoms with Gasteiger partial charge in [-0.1, -0.05) is 23.7 Å². The molecule has 1 saturated carbocycles. The molecule has 2 N–H and O–H groups in total. The summed E-state index contributed by atoms with van der Waals surface area (Å²) in [5, 5.41) is 3.55. The first-order chi connectivity index (χ1) is 13.5. The van der Waals surface area contributed by atoms with Crippen LogP contribution in [0, 0.1) is 11.6 Å². The summed E-state index contributed by atoms with van der Waals surface area (Å²) < 4.78 is 70.4. The Morgan fingerprint density at radius 2 is 1.97 bits per heavy atom. The summed E-state index contributed by atoms with van der Waals surface area (Å²) in [5.41, 5.74) is -1.18. The molecule has 2 saturated heterocycles. The fraction of sp³-hybridized carbons (Fsp3) is 0.400. The maximum absolute atomic E-state index is 15.2. The number of nitrogens with one attached hydrogen (secondary N) is 2. The molecule has 0 spiro atoms. The van der Waals surface area contributed by atoms with Gasteiger partial charge in [-0.2, -0.15) is 0 Å². The highest BCUT2D eigenvalue weighted by molar-refractivity contribution is 7.88. The van der Waals surface area contributed by atoms with E-state index in [4.69, 9.17) is 11.6 Å². The molecular formula is C20H20ClF3N2O2S. The van der Waals surface area contributed by atoms with Crippen LogP contribution in [0.3, 0.4) is 0 Å². The van der Waals surface area contributed by atoms with Crippen LogP contribution in [0.25, 0.3) is 11.1 Å². The summed E-state index contributed by atoms with van der Waals surface area (Å²) in [4.78, 5) is 0. The summed E-state index contributed by atoms with van der Waals surface area (Å²) in [6.07, 6.45) is 1.27. The molecule has 9 heteroatoms. The average molecular weight is 445 g/mol. The molecule has 0 amide bonds. The summed E-state index contributed by atoms with van der Waals surface area (Å²) in [6, 6.07) is 6.69. The summed E-state index contributed by atoms with van der Waals surface area (Å²) in [6.45, 7) is 0. The molecule has 2 aromatic rings. The topological polar surface area (TPSA) is 58.2 Å². The van der Waals surface area contributed by atoms with Crippen LogP contribution < -0.4 is 10.0 Å². The van der Waals surface area contributed by atoms with Crippen LogP contribution in [-0.2, 0) is 16.4 Å². The molecular weight excluding hydrogens is 425 g/mol. The van der Waals surface area contributed by atoms with Crippen molar-refractivity contribution in [1.29, 1.82) is 0 Å². The zero-order valence-electron chi connectivity index (χ0n) is 15.6. The molecule has 3 aliphatic rings. The van der Waals surface area contributed by atoms with Gasteiger partial charge in [0.15, 0.2) is 0 Å². The Balaban J connectivity index is 1.68. The van der Waals surface area contributed by atoms with Gasteiger partial charge in [0.25, 0.3) is 0 Å². The lowest BCUT2D eigenvalue weighted by molar-refractivity contribution is -0.0567. The third-order valence-corrected chi connectivity index (χ3v) is 6.53. The number of hydrogen-bond donors (Lipinski definition) is 2. The number of halogens is 4. The van der Waals surface area contributed by atoms with Crippen molar-refractivity contribution in [2.45, 2.75) is 43.1 Å². The van der Waals surface area contributed by atoms with Gasteiger partial charge in [0.2, 0.25) is 10.0 Å². The van der Waals surface area contributed by atoms with E-state index in [1.54, 1.807) is 18.2 Å². The molecule has 2 atom stereocenters. The second-order valence-corrected chi connectivity index (χ2v) is 10.1. The number of fused-ring (bicyclic) bond motifs is 2. The van der Waals surface area contributed by atoms with E-state index in [1.165, 1.54) is 6.07 Å². The van der Waals surface area contributed by atoms with Gasteiger partial charge in [0, 0.05) is 22.7 Å². The lowest BCUT2D eigenvalue weighted by Crippen LogP contribution is -2.75. The third kappa shape index (κ3) is 4.17. The van der Waals surface area contributed by atoms with Crippen LogP contribution >= 0.6 is 11.6 Å². The summed E-state index contributed by atoms with van der Waals surface area (Å²) >= 11 is 5.97. The lowest BCUT2D eigenvalue weighted by Gasteiger charge is -2.55. The largest absolute Gasteiger partial charge is 0.309 e. The number of alkyl halides is 1. The van der Waals surface area contributed by atoms with Gasteiger partial charge < -0.3 is 5.32 Å². The molecule has 0 unspecified atom stereocenters. The van der Waals surface area contributed by atoms with Crippen LogP contribution in [-0.4, -0.2) is 38.5 Å². The molecule has 4 nitrogen and oxygen atoms in total. The van der Waals surface area contributed by atoms with Crippen molar-refractivity contribution >= 4 is 21.6 Å². The highest BCUT2D eigenvalue weighted by atomic mass is 35.5. The van der Waals surface area contributed by atoms with E-state index in [0.29, 0.717) is 10.6 Å². The number of hydrogen-bond acceptors (Lipinski definition) is 3. The van der Waals surface area contributed by atoms with E-state index in [1.807, 2.05) is 0 Å². The molecule has 5 rings (SSSR count). The van der Waals surface area contributed by atoms with Gasteiger partial charge in [-0.05, 0) is 54.7 Å². The Hall–Kier alpha value is -1.61. The second-order valence-electron chi connectivity index (χ2n) is 7.92. The molecule has 0 aromatic heterocycles. The quantitative estimate of drug-likeness (QED) is 0.741. The predicted molar refractivity (Wildman–Crippen MR) is 106 cm³/mol. The normalized spacial score (nSPS) is 28.8. The zero-order valence-corrected chi connectivity index (χ0v) is 17.1. The van der Waals surface area contributed by atoms with E-state index >= 15 is 8.78 Å². The van der Waals surface area contributed by atoms with Crippen molar-refractivity contribution in [1.82, 2.24) is 10.0 Å². The molecule has 2 aliphatic heterocycles. The van der Waals surface area contributed by atoms with Crippen molar-refractivity contribution in [3.63, 3.8) is 0 Å². The van der Waals surface area contributed by atoms with E-state index in [2.05, 4.69) is 10.0 Å². The molecule has 0 radical (unpaired) electrons. The molecule has 29 heavy (non-hydrogen) atoms. The van der Waals surface area contributed by atoms with E-state index < -0.39 is 39.4 Å². The Morgan fingerprint density at radius 3 is 2.62 bits per heavy atom. The van der Waals surface area contributed by atoms with Crippen LogP contribution in [0.15, 0.2) is 36.4 Å². The number of benzene rings is 2. The highest BCUT2D eigenvalue weighted by Gasteiger charge is 2.58. The van der Waals surface area contributed by atoms with E-state index in [0.717, 1.165) is 18.4 Å². The van der Waals surface area contributed by atoms with Gasteiger partial charge in [0.1, 0.15) is 17.3 Å². The first-order valence-corrected chi connectivity index (χ1v) is 11.5. The smallest absolute Gasteiger partial charge is 0.209 e.